The Morgan fingerprint density at radius 3 is 2.59 bits per heavy atom. The quantitative estimate of drug-likeness (QED) is 0.654. The Morgan fingerprint density at radius 2 is 2.00 bits per heavy atom. The van der Waals surface area contributed by atoms with Crippen LogP contribution < -0.4 is 0 Å². The van der Waals surface area contributed by atoms with E-state index in [0.717, 1.165) is 6.42 Å². The third-order valence-electron chi connectivity index (χ3n) is 5.59. The summed E-state index contributed by atoms with van der Waals surface area (Å²) in [5.41, 5.74) is 1.26. The number of hydrogen-bond acceptors (Lipinski definition) is 2. The van der Waals surface area contributed by atoms with Gasteiger partial charge in [0.1, 0.15) is 5.78 Å². The van der Waals surface area contributed by atoms with Crippen molar-refractivity contribution in [1.29, 1.82) is 0 Å². The lowest BCUT2D eigenvalue weighted by Gasteiger charge is -2.55. The lowest BCUT2D eigenvalue weighted by atomic mass is 9.47. The molecule has 3 rings (SSSR count). The second-order valence-electron chi connectivity index (χ2n) is 7.32. The van der Waals surface area contributed by atoms with Crippen molar-refractivity contribution in [1.82, 2.24) is 0 Å². The summed E-state index contributed by atoms with van der Waals surface area (Å²) in [4.78, 5) is 11.8. The number of fused-ring (bicyclic) bond motifs is 3. The molecule has 0 aliphatic heterocycles. The van der Waals surface area contributed by atoms with Crippen LogP contribution >= 0.6 is 0 Å². The van der Waals surface area contributed by atoms with E-state index in [1.807, 2.05) is 0 Å². The van der Waals surface area contributed by atoms with Crippen molar-refractivity contribution in [2.75, 3.05) is 0 Å². The van der Waals surface area contributed by atoms with E-state index in [-0.39, 0.29) is 28.8 Å². The zero-order valence-corrected chi connectivity index (χ0v) is 11.2. The molecule has 3 aliphatic rings. The summed E-state index contributed by atoms with van der Waals surface area (Å²) < 4.78 is 0. The molecular formula is C15H22O2. The molecule has 2 saturated carbocycles. The van der Waals surface area contributed by atoms with Crippen molar-refractivity contribution in [2.24, 2.45) is 28.6 Å². The number of carbonyl (C=O) groups is 1. The summed E-state index contributed by atoms with van der Waals surface area (Å²) in [6.45, 7) is 8.60. The third kappa shape index (κ3) is 1.22. The highest BCUT2D eigenvalue weighted by atomic mass is 16.3. The van der Waals surface area contributed by atoms with E-state index in [1.54, 1.807) is 0 Å². The van der Waals surface area contributed by atoms with Gasteiger partial charge >= 0.3 is 0 Å². The van der Waals surface area contributed by atoms with Gasteiger partial charge in [-0.1, -0.05) is 32.4 Å². The Morgan fingerprint density at radius 1 is 1.35 bits per heavy atom. The highest BCUT2D eigenvalue weighted by Crippen LogP contribution is 2.64. The molecule has 3 aliphatic carbocycles. The van der Waals surface area contributed by atoms with Crippen molar-refractivity contribution < 1.29 is 9.90 Å². The molecule has 0 bridgehead atoms. The second-order valence-corrected chi connectivity index (χ2v) is 7.32. The molecule has 2 nitrogen and oxygen atoms in total. The highest BCUT2D eigenvalue weighted by Gasteiger charge is 2.64. The fourth-order valence-corrected chi connectivity index (χ4v) is 4.92. The van der Waals surface area contributed by atoms with Crippen molar-refractivity contribution in [2.45, 2.75) is 46.6 Å². The van der Waals surface area contributed by atoms with Gasteiger partial charge in [-0.15, -0.1) is 0 Å². The summed E-state index contributed by atoms with van der Waals surface area (Å²) in [6, 6.07) is 0. The number of ketones is 1. The van der Waals surface area contributed by atoms with Crippen LogP contribution in [0.4, 0.5) is 0 Å². The first-order valence-electron chi connectivity index (χ1n) is 6.66. The first-order chi connectivity index (χ1) is 7.77. The first kappa shape index (κ1) is 11.5. The smallest absolute Gasteiger partial charge is 0.141 e. The molecule has 0 aromatic heterocycles. The molecule has 0 aromatic carbocycles. The molecule has 2 heteroatoms. The Hall–Kier alpha value is -0.630. The van der Waals surface area contributed by atoms with Gasteiger partial charge in [-0.25, -0.2) is 0 Å². The topological polar surface area (TPSA) is 37.3 Å². The third-order valence-corrected chi connectivity index (χ3v) is 5.59. The monoisotopic (exact) mass is 234 g/mol. The average Bonchev–Trinajstić information content (AvgIpc) is 2.35. The summed E-state index contributed by atoms with van der Waals surface area (Å²) >= 11 is 0. The zero-order chi connectivity index (χ0) is 12.6. The zero-order valence-electron chi connectivity index (χ0n) is 11.2. The maximum Gasteiger partial charge on any atom is 0.141 e. The molecular weight excluding hydrogens is 212 g/mol. The van der Waals surface area contributed by atoms with Crippen LogP contribution in [0.25, 0.3) is 0 Å². The number of aliphatic hydroxyl groups is 1. The summed E-state index contributed by atoms with van der Waals surface area (Å²) in [7, 11) is 0. The van der Waals surface area contributed by atoms with Gasteiger partial charge in [0.2, 0.25) is 0 Å². The van der Waals surface area contributed by atoms with E-state index in [0.29, 0.717) is 18.1 Å². The molecule has 2 fully saturated rings. The van der Waals surface area contributed by atoms with Gasteiger partial charge in [-0.2, -0.15) is 0 Å². The number of carbonyl (C=O) groups excluding carboxylic acids is 1. The lowest BCUT2D eigenvalue weighted by Crippen LogP contribution is -2.57. The van der Waals surface area contributed by atoms with Gasteiger partial charge in [0.25, 0.3) is 0 Å². The fraction of sp³-hybridized carbons (Fsp3) is 0.800. The van der Waals surface area contributed by atoms with Crippen molar-refractivity contribution in [3.8, 4) is 0 Å². The van der Waals surface area contributed by atoms with E-state index in [4.69, 9.17) is 0 Å². The van der Waals surface area contributed by atoms with Crippen LogP contribution in [-0.2, 0) is 4.79 Å². The van der Waals surface area contributed by atoms with Crippen LogP contribution in [0.1, 0.15) is 40.5 Å². The lowest BCUT2D eigenvalue weighted by molar-refractivity contribution is -0.151. The molecule has 0 aromatic rings. The summed E-state index contributed by atoms with van der Waals surface area (Å²) in [6.07, 6.45) is 3.72. The minimum atomic E-state index is -0.266. The molecule has 0 amide bonds. The Labute approximate surface area is 103 Å². The van der Waals surface area contributed by atoms with E-state index in [9.17, 15) is 9.90 Å². The maximum atomic E-state index is 11.8. The van der Waals surface area contributed by atoms with Gasteiger partial charge in [-0.3, -0.25) is 4.79 Å². The minimum Gasteiger partial charge on any atom is -0.392 e. The van der Waals surface area contributed by atoms with Crippen molar-refractivity contribution in [3.05, 3.63) is 11.6 Å². The molecule has 1 N–H and O–H groups in total. The normalized spacial score (nSPS) is 51.4. The first-order valence-corrected chi connectivity index (χ1v) is 6.66. The van der Waals surface area contributed by atoms with Crippen molar-refractivity contribution in [3.63, 3.8) is 0 Å². The Kier molecular flexibility index (Phi) is 2.04. The Balaban J connectivity index is 2.06. The second kappa shape index (κ2) is 3.03. The largest absolute Gasteiger partial charge is 0.392 e. The van der Waals surface area contributed by atoms with Crippen LogP contribution in [0, 0.1) is 28.6 Å². The molecule has 0 saturated heterocycles. The summed E-state index contributed by atoms with van der Waals surface area (Å²) in [5.74, 6) is 1.21. The predicted molar refractivity (Wildman–Crippen MR) is 66.4 cm³/mol. The van der Waals surface area contributed by atoms with E-state index in [1.165, 1.54) is 5.57 Å². The molecule has 0 spiro atoms. The number of Topliss-reactive ketones (excluding diaryl/α,β-unsaturated/α-hetero) is 1. The van der Waals surface area contributed by atoms with Gasteiger partial charge in [0.05, 0.1) is 6.10 Å². The number of aliphatic hydroxyl groups excluding tert-OH is 1. The highest BCUT2D eigenvalue weighted by molar-refractivity contribution is 5.92. The Bertz CT molecular complexity index is 421. The van der Waals surface area contributed by atoms with Crippen LogP contribution in [-0.4, -0.2) is 17.0 Å². The molecule has 0 heterocycles. The van der Waals surface area contributed by atoms with Crippen LogP contribution in [0.15, 0.2) is 11.6 Å². The maximum absolute atomic E-state index is 11.8. The van der Waals surface area contributed by atoms with Crippen LogP contribution in [0.3, 0.4) is 0 Å². The number of allylic oxidation sites excluding steroid dienone is 2. The van der Waals surface area contributed by atoms with E-state index >= 15 is 0 Å². The van der Waals surface area contributed by atoms with E-state index < -0.39 is 0 Å². The minimum absolute atomic E-state index is 0.0113. The van der Waals surface area contributed by atoms with Gasteiger partial charge in [0.15, 0.2) is 0 Å². The SMILES string of the molecule is CC1=C[C@H]2CC(C)(C)[C@@H](O)[C@H]2[C@]2(C)CC(=O)[C@H]12. The van der Waals surface area contributed by atoms with Crippen LogP contribution in [0.2, 0.25) is 0 Å². The average molecular weight is 234 g/mol. The number of hydrogen-bond donors (Lipinski definition) is 1. The molecule has 17 heavy (non-hydrogen) atoms. The van der Waals surface area contributed by atoms with E-state index in [2.05, 4.69) is 33.8 Å². The predicted octanol–water partition coefficient (Wildman–Crippen LogP) is 2.56. The van der Waals surface area contributed by atoms with Crippen molar-refractivity contribution >= 4 is 5.78 Å². The molecule has 0 unspecified atom stereocenters. The van der Waals surface area contributed by atoms with Gasteiger partial charge in [-0.05, 0) is 36.0 Å². The van der Waals surface area contributed by atoms with Crippen LogP contribution in [0.5, 0.6) is 0 Å². The molecule has 0 radical (unpaired) electrons. The molecule has 5 atom stereocenters. The fourth-order valence-electron chi connectivity index (χ4n) is 4.92. The standard InChI is InChI=1S/C15H22O2/c1-8-5-9-6-14(2,3)13(17)12(9)15(4)7-10(16)11(8)15/h5,9,11-13,17H,6-7H2,1-4H3/t9-,11-,12-,13-,15+/m0/s1. The molecule has 94 valence electrons. The van der Waals surface area contributed by atoms with Gasteiger partial charge in [0, 0.05) is 12.3 Å². The summed E-state index contributed by atoms with van der Waals surface area (Å²) in [5, 5.41) is 10.6. The van der Waals surface area contributed by atoms with Gasteiger partial charge < -0.3 is 5.11 Å². The number of rotatable bonds is 0.